The molecule has 6 aromatic rings. The van der Waals surface area contributed by atoms with E-state index in [1.54, 1.807) is 12.1 Å². The molecule has 10 heteroatoms. The van der Waals surface area contributed by atoms with Gasteiger partial charge in [-0.15, -0.1) is 0 Å². The molecule has 1 fully saturated rings. The molecule has 2 aromatic heterocycles. The third-order valence-corrected chi connectivity index (χ3v) is 8.85. The summed E-state index contributed by atoms with van der Waals surface area (Å²) in [5.41, 5.74) is 9.54. The van der Waals surface area contributed by atoms with E-state index in [0.29, 0.717) is 24.4 Å². The number of hydrogen-bond acceptors (Lipinski definition) is 9. The normalized spacial score (nSPS) is 19.9. The number of anilines is 1. The van der Waals surface area contributed by atoms with Crippen molar-refractivity contribution in [2.45, 2.75) is 50.0 Å². The Morgan fingerprint density at radius 3 is 1.58 bits per heavy atom. The van der Waals surface area contributed by atoms with Gasteiger partial charge in [0.05, 0.1) is 39.6 Å². The van der Waals surface area contributed by atoms with Crippen LogP contribution in [0.5, 0.6) is 0 Å². The molecular weight excluding hydrogens is 632 g/mol. The first-order valence-corrected chi connectivity index (χ1v) is 16.6. The summed E-state index contributed by atoms with van der Waals surface area (Å²) in [5, 5.41) is 17.4. The lowest BCUT2D eigenvalue weighted by Gasteiger charge is -2.34. The van der Waals surface area contributed by atoms with Crippen LogP contribution in [0.25, 0.3) is 5.52 Å². The molecule has 1 saturated heterocycles. The summed E-state index contributed by atoms with van der Waals surface area (Å²) in [7, 11) is 0. The van der Waals surface area contributed by atoms with E-state index >= 15 is 0 Å². The molecule has 10 nitrogen and oxygen atoms in total. The van der Waals surface area contributed by atoms with E-state index < -0.39 is 23.6 Å². The Morgan fingerprint density at radius 2 is 1.08 bits per heavy atom. The van der Waals surface area contributed by atoms with Gasteiger partial charge in [-0.1, -0.05) is 121 Å². The van der Waals surface area contributed by atoms with Crippen LogP contribution in [0.4, 0.5) is 5.82 Å². The van der Waals surface area contributed by atoms with Gasteiger partial charge in [0, 0.05) is 0 Å². The average molecular weight is 673 g/mol. The highest BCUT2D eigenvalue weighted by molar-refractivity contribution is 5.65. The predicted molar refractivity (Wildman–Crippen MR) is 187 cm³/mol. The van der Waals surface area contributed by atoms with Crippen LogP contribution in [0.15, 0.2) is 140 Å². The molecule has 0 spiro atoms. The number of hydrogen-bond donors (Lipinski definition) is 2. The van der Waals surface area contributed by atoms with Crippen LogP contribution in [0.1, 0.15) is 27.9 Å². The molecule has 0 radical (unpaired) electrons. The van der Waals surface area contributed by atoms with Gasteiger partial charge in [-0.05, 0) is 34.4 Å². The van der Waals surface area contributed by atoms with Gasteiger partial charge in [-0.25, -0.2) is 9.50 Å². The summed E-state index contributed by atoms with van der Waals surface area (Å²) >= 11 is 0. The maximum atomic E-state index is 13.0. The quantitative estimate of drug-likeness (QED) is 0.139. The highest BCUT2D eigenvalue weighted by Gasteiger charge is 2.66. The van der Waals surface area contributed by atoms with E-state index in [9.17, 15) is 5.11 Å². The summed E-state index contributed by atoms with van der Waals surface area (Å²) in [5.74, 6) is -1.83. The van der Waals surface area contributed by atoms with Crippen LogP contribution >= 0.6 is 0 Å². The fourth-order valence-electron chi connectivity index (χ4n) is 6.39. The lowest BCUT2D eigenvalue weighted by molar-refractivity contribution is -0.284. The number of aromatic nitrogens is 3. The first-order chi connectivity index (χ1) is 24.5. The van der Waals surface area contributed by atoms with Gasteiger partial charge in [0.1, 0.15) is 35.3 Å². The van der Waals surface area contributed by atoms with Gasteiger partial charge < -0.3 is 34.5 Å². The Labute approximate surface area is 291 Å². The van der Waals surface area contributed by atoms with Crippen molar-refractivity contribution in [2.24, 2.45) is 0 Å². The minimum absolute atomic E-state index is 0.0179. The van der Waals surface area contributed by atoms with Crippen molar-refractivity contribution in [1.82, 2.24) is 14.6 Å². The Bertz CT molecular complexity index is 1900. The second-order valence-electron chi connectivity index (χ2n) is 12.4. The summed E-state index contributed by atoms with van der Waals surface area (Å²) in [6.45, 7) is 1.05. The number of aliphatic hydroxyl groups is 1. The van der Waals surface area contributed by atoms with Crippen molar-refractivity contribution in [1.29, 1.82) is 0 Å². The molecule has 3 atom stereocenters. The lowest BCUT2D eigenvalue weighted by atomic mass is 9.93. The van der Waals surface area contributed by atoms with Gasteiger partial charge >= 0.3 is 0 Å². The van der Waals surface area contributed by atoms with E-state index in [-0.39, 0.29) is 32.2 Å². The standard InChI is InChI=1S/C40H40N4O6/c41-38-34-21-22-35(44(34)43-29-42-38)40(45)37(49-26-33-19-11-4-12-20-33)36(48-25-32-17-9-3-10-18-32)39(50-40,27-46-23-30-13-5-1-6-14-30)28-47-24-31-15-7-2-8-16-31/h1-22,29,36-37,45H,23-28H2,(H2,41,42,43)/t36-,37+,40?/m0/s1. The first-order valence-electron chi connectivity index (χ1n) is 16.6. The van der Waals surface area contributed by atoms with Gasteiger partial charge in [0.15, 0.2) is 5.82 Å². The lowest BCUT2D eigenvalue weighted by Crippen LogP contribution is -2.52. The molecule has 256 valence electrons. The zero-order valence-electron chi connectivity index (χ0n) is 27.6. The van der Waals surface area contributed by atoms with Gasteiger partial charge in [0.25, 0.3) is 0 Å². The van der Waals surface area contributed by atoms with Crippen LogP contribution < -0.4 is 5.73 Å². The first kappa shape index (κ1) is 33.6. The number of ether oxygens (including phenoxy) is 5. The van der Waals surface area contributed by atoms with Crippen molar-refractivity contribution in [3.05, 3.63) is 168 Å². The van der Waals surface area contributed by atoms with Crippen LogP contribution in [0.2, 0.25) is 0 Å². The van der Waals surface area contributed by atoms with Gasteiger partial charge in [0.2, 0.25) is 5.79 Å². The van der Waals surface area contributed by atoms with Crippen LogP contribution in [0.3, 0.4) is 0 Å². The maximum Gasteiger partial charge on any atom is 0.240 e. The second kappa shape index (κ2) is 15.3. The third-order valence-electron chi connectivity index (χ3n) is 8.85. The Kier molecular flexibility index (Phi) is 10.3. The van der Waals surface area contributed by atoms with Crippen LogP contribution in [0, 0.1) is 0 Å². The molecule has 7 rings (SSSR count). The number of nitrogen functional groups attached to an aromatic ring is 1. The number of benzene rings is 4. The summed E-state index contributed by atoms with van der Waals surface area (Å²) < 4.78 is 34.8. The van der Waals surface area contributed by atoms with Gasteiger partial charge in [-0.2, -0.15) is 5.10 Å². The van der Waals surface area contributed by atoms with E-state index in [4.69, 9.17) is 29.4 Å². The molecule has 1 aliphatic rings. The van der Waals surface area contributed by atoms with E-state index in [2.05, 4.69) is 10.1 Å². The minimum atomic E-state index is -2.09. The molecule has 1 aliphatic heterocycles. The molecule has 0 amide bonds. The SMILES string of the molecule is Nc1ncnn2c(C3(O)OC(COCc4ccccc4)(COCc4ccccc4)[C@@H](OCc4ccccc4)[C@H]3OCc3ccccc3)ccc12. The summed E-state index contributed by atoms with van der Waals surface area (Å²) in [6.07, 6.45) is -0.610. The maximum absolute atomic E-state index is 13.0. The Hall–Kier alpha value is -4.94. The summed E-state index contributed by atoms with van der Waals surface area (Å²) in [6, 6.07) is 42.8. The smallest absolute Gasteiger partial charge is 0.240 e. The molecule has 50 heavy (non-hydrogen) atoms. The number of fused-ring (bicyclic) bond motifs is 1. The molecule has 3 N–H and O–H groups in total. The second-order valence-corrected chi connectivity index (χ2v) is 12.4. The molecule has 0 saturated carbocycles. The van der Waals surface area contributed by atoms with Crippen molar-refractivity contribution >= 4 is 11.3 Å². The number of rotatable bonds is 15. The van der Waals surface area contributed by atoms with Crippen molar-refractivity contribution < 1.29 is 28.8 Å². The number of nitrogens with two attached hydrogens (primary N) is 1. The molecule has 0 bridgehead atoms. The highest BCUT2D eigenvalue weighted by atomic mass is 16.7. The zero-order valence-corrected chi connectivity index (χ0v) is 27.6. The molecular formula is C40H40N4O6. The van der Waals surface area contributed by atoms with E-state index in [0.717, 1.165) is 22.3 Å². The van der Waals surface area contributed by atoms with Gasteiger partial charge in [-0.3, -0.25) is 0 Å². The minimum Gasteiger partial charge on any atom is -0.382 e. The van der Waals surface area contributed by atoms with Crippen LogP contribution in [-0.4, -0.2) is 50.7 Å². The molecule has 0 aliphatic carbocycles. The highest BCUT2D eigenvalue weighted by Crippen LogP contribution is 2.48. The van der Waals surface area contributed by atoms with Crippen molar-refractivity contribution in [3.8, 4) is 0 Å². The zero-order chi connectivity index (χ0) is 34.2. The van der Waals surface area contributed by atoms with Crippen molar-refractivity contribution in [3.63, 3.8) is 0 Å². The topological polar surface area (TPSA) is 123 Å². The van der Waals surface area contributed by atoms with Crippen LogP contribution in [-0.2, 0) is 55.9 Å². The van der Waals surface area contributed by atoms with E-state index in [1.807, 2.05) is 121 Å². The molecule has 3 heterocycles. The Balaban J connectivity index is 1.31. The fraction of sp³-hybridized carbons (Fsp3) is 0.250. The van der Waals surface area contributed by atoms with Crippen molar-refractivity contribution in [2.75, 3.05) is 18.9 Å². The monoisotopic (exact) mass is 672 g/mol. The Morgan fingerprint density at radius 1 is 0.620 bits per heavy atom. The summed E-state index contributed by atoms with van der Waals surface area (Å²) in [4.78, 5) is 4.14. The molecule has 1 unspecified atom stereocenters. The molecule has 4 aromatic carbocycles. The average Bonchev–Trinajstić information content (AvgIpc) is 3.70. The number of nitrogens with zero attached hydrogens (tertiary/aromatic N) is 3. The van der Waals surface area contributed by atoms with E-state index in [1.165, 1.54) is 10.8 Å². The predicted octanol–water partition coefficient (Wildman–Crippen LogP) is 5.83. The third kappa shape index (κ3) is 7.31. The largest absolute Gasteiger partial charge is 0.382 e. The fourth-order valence-corrected chi connectivity index (χ4v) is 6.39.